The molecule has 5 nitrogen and oxygen atoms in total. The van der Waals surface area contributed by atoms with Gasteiger partial charge in [0.1, 0.15) is 11.5 Å². The number of methoxy groups -OCH3 is 1. The maximum atomic E-state index is 12.4. The van der Waals surface area contributed by atoms with Crippen LogP contribution in [-0.4, -0.2) is 44.2 Å². The van der Waals surface area contributed by atoms with E-state index in [1.54, 1.807) is 7.11 Å². The van der Waals surface area contributed by atoms with Crippen molar-refractivity contribution in [2.24, 2.45) is 0 Å². The summed E-state index contributed by atoms with van der Waals surface area (Å²) in [6.45, 7) is 6.82. The maximum absolute atomic E-state index is 12.4. The summed E-state index contributed by atoms with van der Waals surface area (Å²) >= 11 is 0. The fourth-order valence-electron chi connectivity index (χ4n) is 3.73. The Morgan fingerprint density at radius 3 is 2.34 bits per heavy atom. The average Bonchev–Trinajstić information content (AvgIpc) is 2.76. The molecule has 1 N–H and O–H groups in total. The monoisotopic (exact) mass is 396 g/mol. The number of nitrogens with one attached hydrogen (secondary N) is 1. The third-order valence-electron chi connectivity index (χ3n) is 5.67. The van der Waals surface area contributed by atoms with Gasteiger partial charge in [0.25, 0.3) is 5.91 Å². The van der Waals surface area contributed by atoms with Gasteiger partial charge in [-0.15, -0.1) is 0 Å². The Balaban J connectivity index is 1.59. The van der Waals surface area contributed by atoms with Gasteiger partial charge < -0.3 is 14.8 Å². The van der Waals surface area contributed by atoms with Gasteiger partial charge in [-0.05, 0) is 80.7 Å². The molecule has 0 unspecified atom stereocenters. The number of piperidine rings is 1. The SMILES string of the molecule is COc1ccc([C@H](CNC(=O)COc2ccc(C)c(C)c2)N2CCCCC2)cc1. The molecular formula is C24H32N2O3. The molecule has 1 amide bonds. The number of amides is 1. The molecule has 156 valence electrons. The van der Waals surface area contributed by atoms with E-state index >= 15 is 0 Å². The Hall–Kier alpha value is -2.53. The summed E-state index contributed by atoms with van der Waals surface area (Å²) in [6, 6.07) is 14.2. The van der Waals surface area contributed by atoms with Crippen LogP contribution in [0.15, 0.2) is 42.5 Å². The zero-order chi connectivity index (χ0) is 20.6. The van der Waals surface area contributed by atoms with Crippen LogP contribution in [0.2, 0.25) is 0 Å². The fourth-order valence-corrected chi connectivity index (χ4v) is 3.73. The Morgan fingerprint density at radius 2 is 1.69 bits per heavy atom. The summed E-state index contributed by atoms with van der Waals surface area (Å²) in [5, 5.41) is 3.07. The van der Waals surface area contributed by atoms with Gasteiger partial charge in [-0.1, -0.05) is 24.6 Å². The lowest BCUT2D eigenvalue weighted by molar-refractivity contribution is -0.123. The highest BCUT2D eigenvalue weighted by molar-refractivity contribution is 5.77. The minimum absolute atomic E-state index is 0.0256. The van der Waals surface area contributed by atoms with Crippen LogP contribution in [0.1, 0.15) is 42.0 Å². The first-order chi connectivity index (χ1) is 14.1. The van der Waals surface area contributed by atoms with Crippen molar-refractivity contribution >= 4 is 5.91 Å². The zero-order valence-electron chi connectivity index (χ0n) is 17.7. The summed E-state index contributed by atoms with van der Waals surface area (Å²) in [7, 11) is 1.67. The van der Waals surface area contributed by atoms with Gasteiger partial charge in [-0.2, -0.15) is 0 Å². The van der Waals surface area contributed by atoms with Crippen molar-refractivity contribution in [1.29, 1.82) is 0 Å². The molecule has 1 heterocycles. The van der Waals surface area contributed by atoms with Gasteiger partial charge in [0.2, 0.25) is 0 Å². The highest BCUT2D eigenvalue weighted by Gasteiger charge is 2.23. The normalized spacial score (nSPS) is 15.6. The van der Waals surface area contributed by atoms with Crippen molar-refractivity contribution in [3.05, 3.63) is 59.2 Å². The van der Waals surface area contributed by atoms with Gasteiger partial charge in [-0.25, -0.2) is 0 Å². The van der Waals surface area contributed by atoms with E-state index in [-0.39, 0.29) is 18.6 Å². The standard InChI is InChI=1S/C24H32N2O3/c1-18-7-10-22(15-19(18)2)29-17-24(27)25-16-23(26-13-5-4-6-14-26)20-8-11-21(28-3)12-9-20/h7-12,15,23H,4-6,13-14,16-17H2,1-3H3,(H,25,27)/t23-/m0/s1. The summed E-state index contributed by atoms with van der Waals surface area (Å²) in [5.41, 5.74) is 3.57. The van der Waals surface area contributed by atoms with Gasteiger partial charge in [-0.3, -0.25) is 9.69 Å². The average molecular weight is 397 g/mol. The van der Waals surface area contributed by atoms with E-state index < -0.39 is 0 Å². The lowest BCUT2D eigenvalue weighted by atomic mass is 10.0. The number of rotatable bonds is 8. The number of carbonyl (C=O) groups excluding carboxylic acids is 1. The Kier molecular flexibility index (Phi) is 7.53. The summed E-state index contributed by atoms with van der Waals surface area (Å²) < 4.78 is 11.0. The van der Waals surface area contributed by atoms with Crippen LogP contribution in [0.3, 0.4) is 0 Å². The van der Waals surface area contributed by atoms with Gasteiger partial charge in [0, 0.05) is 6.54 Å². The smallest absolute Gasteiger partial charge is 0.258 e. The number of benzene rings is 2. The van der Waals surface area contributed by atoms with Crippen LogP contribution in [0.5, 0.6) is 11.5 Å². The van der Waals surface area contributed by atoms with E-state index in [1.165, 1.54) is 30.4 Å². The largest absolute Gasteiger partial charge is 0.497 e. The van der Waals surface area contributed by atoms with Crippen molar-refractivity contribution in [3.63, 3.8) is 0 Å². The number of nitrogens with zero attached hydrogens (tertiary/aromatic N) is 1. The second-order valence-corrected chi connectivity index (χ2v) is 7.72. The molecule has 2 aromatic carbocycles. The highest BCUT2D eigenvalue weighted by atomic mass is 16.5. The predicted molar refractivity (Wildman–Crippen MR) is 116 cm³/mol. The van der Waals surface area contributed by atoms with Crippen LogP contribution in [0.4, 0.5) is 0 Å². The number of hydrogen-bond donors (Lipinski definition) is 1. The Bertz CT molecular complexity index is 798. The van der Waals surface area contributed by atoms with Crippen LogP contribution in [0.25, 0.3) is 0 Å². The molecule has 29 heavy (non-hydrogen) atoms. The van der Waals surface area contributed by atoms with E-state index in [0.29, 0.717) is 6.54 Å². The first kappa shape index (κ1) is 21.2. The van der Waals surface area contributed by atoms with Crippen molar-refractivity contribution in [2.75, 3.05) is 33.4 Å². The van der Waals surface area contributed by atoms with Gasteiger partial charge in [0.15, 0.2) is 6.61 Å². The number of carbonyl (C=O) groups is 1. The summed E-state index contributed by atoms with van der Waals surface area (Å²) in [5.74, 6) is 1.47. The molecule has 0 aromatic heterocycles. The molecule has 0 saturated carbocycles. The number of likely N-dealkylation sites (tertiary alicyclic amines) is 1. The molecule has 2 aromatic rings. The molecule has 1 aliphatic heterocycles. The van der Waals surface area contributed by atoms with E-state index in [1.807, 2.05) is 37.3 Å². The second kappa shape index (κ2) is 10.3. The molecule has 1 saturated heterocycles. The zero-order valence-corrected chi connectivity index (χ0v) is 17.7. The molecule has 1 aliphatic rings. The molecule has 0 aliphatic carbocycles. The van der Waals surface area contributed by atoms with E-state index in [0.717, 1.165) is 30.2 Å². The molecule has 1 fully saturated rings. The first-order valence-electron chi connectivity index (χ1n) is 10.4. The Labute approximate surface area is 174 Å². The molecule has 3 rings (SSSR count). The topological polar surface area (TPSA) is 50.8 Å². The van der Waals surface area contributed by atoms with Crippen molar-refractivity contribution < 1.29 is 14.3 Å². The molecule has 5 heteroatoms. The van der Waals surface area contributed by atoms with Crippen LogP contribution in [-0.2, 0) is 4.79 Å². The minimum Gasteiger partial charge on any atom is -0.497 e. The summed E-state index contributed by atoms with van der Waals surface area (Å²) in [4.78, 5) is 14.9. The van der Waals surface area contributed by atoms with Crippen LogP contribution >= 0.6 is 0 Å². The van der Waals surface area contributed by atoms with Gasteiger partial charge in [0.05, 0.1) is 13.2 Å². The molecular weight excluding hydrogens is 364 g/mol. The third kappa shape index (κ3) is 5.97. The van der Waals surface area contributed by atoms with Gasteiger partial charge >= 0.3 is 0 Å². The van der Waals surface area contributed by atoms with Crippen molar-refractivity contribution in [2.45, 2.75) is 39.2 Å². The van der Waals surface area contributed by atoms with E-state index in [9.17, 15) is 4.79 Å². The van der Waals surface area contributed by atoms with Crippen molar-refractivity contribution in [1.82, 2.24) is 10.2 Å². The lowest BCUT2D eigenvalue weighted by Crippen LogP contribution is -2.41. The highest BCUT2D eigenvalue weighted by Crippen LogP contribution is 2.26. The Morgan fingerprint density at radius 1 is 1.00 bits per heavy atom. The maximum Gasteiger partial charge on any atom is 0.258 e. The van der Waals surface area contributed by atoms with E-state index in [2.05, 4.69) is 29.3 Å². The van der Waals surface area contributed by atoms with Crippen LogP contribution in [0, 0.1) is 13.8 Å². The molecule has 0 spiro atoms. The molecule has 0 bridgehead atoms. The third-order valence-corrected chi connectivity index (χ3v) is 5.67. The quantitative estimate of drug-likeness (QED) is 0.732. The summed E-state index contributed by atoms with van der Waals surface area (Å²) in [6.07, 6.45) is 3.69. The van der Waals surface area contributed by atoms with Crippen LogP contribution < -0.4 is 14.8 Å². The fraction of sp³-hybridized carbons (Fsp3) is 0.458. The minimum atomic E-state index is -0.0984. The molecule has 0 radical (unpaired) electrons. The number of aryl methyl sites for hydroxylation is 2. The number of ether oxygens (including phenoxy) is 2. The number of hydrogen-bond acceptors (Lipinski definition) is 4. The predicted octanol–water partition coefficient (Wildman–Crippen LogP) is 4.03. The second-order valence-electron chi connectivity index (χ2n) is 7.72. The van der Waals surface area contributed by atoms with E-state index in [4.69, 9.17) is 9.47 Å². The lowest BCUT2D eigenvalue weighted by Gasteiger charge is -2.35. The first-order valence-corrected chi connectivity index (χ1v) is 10.4. The molecule has 1 atom stereocenters. The van der Waals surface area contributed by atoms with Crippen molar-refractivity contribution in [3.8, 4) is 11.5 Å².